The number of benzene rings is 1. The molecular weight excluding hydrogens is 276 g/mol. The van der Waals surface area contributed by atoms with Crippen molar-refractivity contribution in [3.63, 3.8) is 0 Å². The fraction of sp³-hybridized carbons (Fsp3) is 0.500. The lowest BCUT2D eigenvalue weighted by molar-refractivity contribution is 0.592. The van der Waals surface area contributed by atoms with Crippen molar-refractivity contribution in [3.05, 3.63) is 50.5 Å². The maximum atomic E-state index is 4.92. The van der Waals surface area contributed by atoms with Gasteiger partial charge in [-0.3, -0.25) is 0 Å². The summed E-state index contributed by atoms with van der Waals surface area (Å²) in [4.78, 5) is 6.29. The van der Waals surface area contributed by atoms with E-state index in [0.29, 0.717) is 6.04 Å². The van der Waals surface area contributed by atoms with Gasteiger partial charge < -0.3 is 5.32 Å². The fourth-order valence-electron chi connectivity index (χ4n) is 2.95. The smallest absolute Gasteiger partial charge is 0.115 e. The number of hydrogen-bond acceptors (Lipinski definition) is 3. The predicted octanol–water partition coefficient (Wildman–Crippen LogP) is 4.47. The van der Waals surface area contributed by atoms with Gasteiger partial charge in [-0.15, -0.1) is 11.3 Å². The SMILES string of the molecule is CCc1nc(C(NC2CC2)c2c(C)cccc2C)sc1C. The third kappa shape index (κ3) is 3.04. The van der Waals surface area contributed by atoms with E-state index in [1.54, 1.807) is 0 Å². The molecular formula is C18H24N2S. The molecule has 1 saturated carbocycles. The molecule has 0 bridgehead atoms. The molecule has 1 aromatic heterocycles. The van der Waals surface area contributed by atoms with Crippen molar-refractivity contribution in [1.82, 2.24) is 10.3 Å². The quantitative estimate of drug-likeness (QED) is 0.881. The van der Waals surface area contributed by atoms with E-state index in [9.17, 15) is 0 Å². The third-order valence-corrected chi connectivity index (χ3v) is 5.38. The van der Waals surface area contributed by atoms with Gasteiger partial charge in [0, 0.05) is 10.9 Å². The molecule has 2 nitrogen and oxygen atoms in total. The summed E-state index contributed by atoms with van der Waals surface area (Å²) < 4.78 is 0. The van der Waals surface area contributed by atoms with Crippen LogP contribution in [0.15, 0.2) is 18.2 Å². The number of rotatable bonds is 5. The Morgan fingerprint density at radius 1 is 1.24 bits per heavy atom. The predicted molar refractivity (Wildman–Crippen MR) is 90.1 cm³/mol. The number of aryl methyl sites for hydroxylation is 4. The van der Waals surface area contributed by atoms with Gasteiger partial charge in [0.05, 0.1) is 11.7 Å². The largest absolute Gasteiger partial charge is 0.301 e. The molecule has 1 unspecified atom stereocenters. The lowest BCUT2D eigenvalue weighted by Gasteiger charge is -2.21. The molecule has 1 fully saturated rings. The van der Waals surface area contributed by atoms with E-state index >= 15 is 0 Å². The Balaban J connectivity index is 2.04. The lowest BCUT2D eigenvalue weighted by Crippen LogP contribution is -2.25. The molecule has 0 amide bonds. The Hall–Kier alpha value is -1.19. The van der Waals surface area contributed by atoms with Gasteiger partial charge in [0.25, 0.3) is 0 Å². The normalized spacial score (nSPS) is 16.2. The van der Waals surface area contributed by atoms with Crippen LogP contribution in [0, 0.1) is 20.8 Å². The first-order valence-corrected chi connectivity index (χ1v) is 8.70. The second kappa shape index (κ2) is 5.90. The van der Waals surface area contributed by atoms with Gasteiger partial charge in [0.1, 0.15) is 5.01 Å². The number of nitrogens with zero attached hydrogens (tertiary/aromatic N) is 1. The van der Waals surface area contributed by atoms with Crippen LogP contribution >= 0.6 is 11.3 Å². The average molecular weight is 300 g/mol. The van der Waals surface area contributed by atoms with Crippen LogP contribution < -0.4 is 5.32 Å². The summed E-state index contributed by atoms with van der Waals surface area (Å²) in [5.41, 5.74) is 5.39. The zero-order valence-electron chi connectivity index (χ0n) is 13.4. The summed E-state index contributed by atoms with van der Waals surface area (Å²) in [6.45, 7) is 8.81. The highest BCUT2D eigenvalue weighted by Crippen LogP contribution is 2.35. The van der Waals surface area contributed by atoms with Crippen molar-refractivity contribution in [3.8, 4) is 0 Å². The summed E-state index contributed by atoms with van der Waals surface area (Å²) in [5.74, 6) is 0. The van der Waals surface area contributed by atoms with Gasteiger partial charge in [-0.2, -0.15) is 0 Å². The Morgan fingerprint density at radius 3 is 2.43 bits per heavy atom. The summed E-state index contributed by atoms with van der Waals surface area (Å²) in [6, 6.07) is 7.49. The highest BCUT2D eigenvalue weighted by Gasteiger charge is 2.29. The molecule has 1 aliphatic carbocycles. The van der Waals surface area contributed by atoms with E-state index in [1.165, 1.54) is 45.1 Å². The van der Waals surface area contributed by atoms with Crippen LogP contribution in [0.5, 0.6) is 0 Å². The topological polar surface area (TPSA) is 24.9 Å². The van der Waals surface area contributed by atoms with Gasteiger partial charge in [0.15, 0.2) is 0 Å². The molecule has 0 saturated heterocycles. The fourth-order valence-corrected chi connectivity index (χ4v) is 4.03. The minimum absolute atomic E-state index is 0.253. The van der Waals surface area contributed by atoms with Crippen LogP contribution in [0.2, 0.25) is 0 Å². The van der Waals surface area contributed by atoms with Crippen LogP contribution in [0.25, 0.3) is 0 Å². The summed E-state index contributed by atoms with van der Waals surface area (Å²) in [7, 11) is 0. The highest BCUT2D eigenvalue weighted by atomic mass is 32.1. The van der Waals surface area contributed by atoms with E-state index in [4.69, 9.17) is 4.98 Å². The van der Waals surface area contributed by atoms with E-state index < -0.39 is 0 Å². The van der Waals surface area contributed by atoms with E-state index in [-0.39, 0.29) is 6.04 Å². The standard InChI is InChI=1S/C18H24N2S/c1-5-15-13(4)21-18(20-15)17(19-14-9-10-14)16-11(2)7-6-8-12(16)3/h6-8,14,17,19H,5,9-10H2,1-4H3. The number of thiazole rings is 1. The molecule has 1 aliphatic rings. The molecule has 1 heterocycles. The van der Waals surface area contributed by atoms with Crippen molar-refractivity contribution in [2.24, 2.45) is 0 Å². The zero-order valence-corrected chi connectivity index (χ0v) is 14.2. The Bertz CT molecular complexity index is 620. The molecule has 112 valence electrons. The molecule has 0 aliphatic heterocycles. The molecule has 2 aromatic rings. The van der Waals surface area contributed by atoms with Crippen LogP contribution in [0.3, 0.4) is 0 Å². The zero-order chi connectivity index (χ0) is 15.0. The summed E-state index contributed by atoms with van der Waals surface area (Å²) in [6.07, 6.45) is 3.62. The van der Waals surface area contributed by atoms with Crippen LogP contribution in [0.4, 0.5) is 0 Å². The van der Waals surface area contributed by atoms with Gasteiger partial charge in [-0.05, 0) is 56.7 Å². The molecule has 1 atom stereocenters. The van der Waals surface area contributed by atoms with Gasteiger partial charge in [-0.1, -0.05) is 25.1 Å². The first kappa shape index (κ1) is 14.7. The number of nitrogens with one attached hydrogen (secondary N) is 1. The summed E-state index contributed by atoms with van der Waals surface area (Å²) in [5, 5.41) is 5.05. The van der Waals surface area contributed by atoms with Crippen LogP contribution in [-0.4, -0.2) is 11.0 Å². The molecule has 3 rings (SSSR count). The monoisotopic (exact) mass is 300 g/mol. The number of hydrogen-bond donors (Lipinski definition) is 1. The van der Waals surface area contributed by atoms with Gasteiger partial charge in [-0.25, -0.2) is 4.98 Å². The molecule has 21 heavy (non-hydrogen) atoms. The Morgan fingerprint density at radius 2 is 1.90 bits per heavy atom. The maximum absolute atomic E-state index is 4.92. The first-order valence-electron chi connectivity index (χ1n) is 7.88. The van der Waals surface area contributed by atoms with Crippen LogP contribution in [0.1, 0.15) is 58.1 Å². The van der Waals surface area contributed by atoms with Crippen molar-refractivity contribution in [1.29, 1.82) is 0 Å². The van der Waals surface area contributed by atoms with Crippen molar-refractivity contribution in [2.75, 3.05) is 0 Å². The lowest BCUT2D eigenvalue weighted by atomic mass is 9.96. The van der Waals surface area contributed by atoms with E-state index in [0.717, 1.165) is 6.42 Å². The van der Waals surface area contributed by atoms with Crippen molar-refractivity contribution >= 4 is 11.3 Å². The molecule has 0 spiro atoms. The van der Waals surface area contributed by atoms with Gasteiger partial charge in [0.2, 0.25) is 0 Å². The van der Waals surface area contributed by atoms with Gasteiger partial charge >= 0.3 is 0 Å². The second-order valence-electron chi connectivity index (χ2n) is 6.09. The Kier molecular flexibility index (Phi) is 4.14. The minimum atomic E-state index is 0.253. The van der Waals surface area contributed by atoms with E-state index in [1.807, 2.05) is 11.3 Å². The summed E-state index contributed by atoms with van der Waals surface area (Å²) >= 11 is 1.86. The molecule has 0 radical (unpaired) electrons. The minimum Gasteiger partial charge on any atom is -0.301 e. The van der Waals surface area contributed by atoms with Crippen molar-refractivity contribution in [2.45, 2.75) is 59.0 Å². The molecule has 3 heteroatoms. The second-order valence-corrected chi connectivity index (χ2v) is 7.32. The van der Waals surface area contributed by atoms with Crippen molar-refractivity contribution < 1.29 is 0 Å². The van der Waals surface area contributed by atoms with E-state index in [2.05, 4.69) is 51.2 Å². The highest BCUT2D eigenvalue weighted by molar-refractivity contribution is 7.11. The molecule has 1 aromatic carbocycles. The van der Waals surface area contributed by atoms with Crippen LogP contribution in [-0.2, 0) is 6.42 Å². The number of aromatic nitrogens is 1. The Labute approximate surface area is 131 Å². The molecule has 1 N–H and O–H groups in total. The third-order valence-electron chi connectivity index (χ3n) is 4.30. The maximum Gasteiger partial charge on any atom is 0.115 e. The average Bonchev–Trinajstić information content (AvgIpc) is 3.18. The first-order chi connectivity index (χ1) is 10.1.